The van der Waals surface area contributed by atoms with Gasteiger partial charge in [0.15, 0.2) is 0 Å². The minimum atomic E-state index is -0.229. The van der Waals surface area contributed by atoms with Gasteiger partial charge in [-0.05, 0) is 42.3 Å². The molecule has 5 heteroatoms. The third kappa shape index (κ3) is 5.65. The lowest BCUT2D eigenvalue weighted by Gasteiger charge is -2.34. The summed E-state index contributed by atoms with van der Waals surface area (Å²) in [7, 11) is 1.69. The lowest BCUT2D eigenvalue weighted by atomic mass is 10.2. The Morgan fingerprint density at radius 2 is 1.76 bits per heavy atom. The molecule has 0 unspecified atom stereocenters. The molecule has 4 nitrogen and oxygen atoms in total. The summed E-state index contributed by atoms with van der Waals surface area (Å²) < 4.78 is 5.17. The van der Waals surface area contributed by atoms with Crippen LogP contribution in [0.15, 0.2) is 24.3 Å². The van der Waals surface area contributed by atoms with Crippen LogP contribution in [0.5, 0.6) is 5.75 Å². The molecule has 0 bridgehead atoms. The zero-order chi connectivity index (χ0) is 15.1. The van der Waals surface area contributed by atoms with Crippen LogP contribution in [0.25, 0.3) is 0 Å². The lowest BCUT2D eigenvalue weighted by Crippen LogP contribution is -2.46. The van der Waals surface area contributed by atoms with Crippen LogP contribution in [-0.4, -0.2) is 54.9 Å². The third-order valence-corrected chi connectivity index (χ3v) is 4.07. The Bertz CT molecular complexity index is 442. The van der Waals surface area contributed by atoms with E-state index in [9.17, 15) is 4.79 Å². The molecule has 1 heterocycles. The minimum Gasteiger partial charge on any atom is -0.497 e. The largest absolute Gasteiger partial charge is 0.497 e. The highest BCUT2D eigenvalue weighted by Gasteiger charge is 2.16. The van der Waals surface area contributed by atoms with Gasteiger partial charge in [-0.2, -0.15) is 0 Å². The van der Waals surface area contributed by atoms with Gasteiger partial charge in [-0.25, -0.2) is 0 Å². The molecule has 0 amide bonds. The number of halogens is 1. The van der Waals surface area contributed by atoms with E-state index in [1.54, 1.807) is 7.11 Å². The number of carbonyl (C=O) groups is 1. The van der Waals surface area contributed by atoms with Crippen LogP contribution in [0, 0.1) is 0 Å². The number of hydrogen-bond acceptors (Lipinski definition) is 4. The van der Waals surface area contributed by atoms with Crippen LogP contribution in [-0.2, 0) is 11.3 Å². The number of ether oxygens (including phenoxy) is 1. The number of piperazine rings is 1. The van der Waals surface area contributed by atoms with E-state index in [-0.39, 0.29) is 5.24 Å². The fraction of sp³-hybridized carbons (Fsp3) is 0.562. The summed E-state index contributed by atoms with van der Waals surface area (Å²) in [6.07, 6.45) is 1.34. The van der Waals surface area contributed by atoms with Crippen LogP contribution in [0.2, 0.25) is 0 Å². The van der Waals surface area contributed by atoms with Gasteiger partial charge in [-0.15, -0.1) is 0 Å². The molecule has 1 aromatic carbocycles. The van der Waals surface area contributed by atoms with E-state index in [2.05, 4.69) is 21.9 Å². The first-order chi connectivity index (χ1) is 10.2. The quantitative estimate of drug-likeness (QED) is 0.724. The van der Waals surface area contributed by atoms with E-state index in [0.29, 0.717) is 6.42 Å². The normalized spacial score (nSPS) is 16.9. The zero-order valence-corrected chi connectivity index (χ0v) is 13.3. The van der Waals surface area contributed by atoms with Crippen molar-refractivity contribution in [3.05, 3.63) is 29.8 Å². The average molecular weight is 311 g/mol. The number of hydrogen-bond donors (Lipinski definition) is 0. The maximum absolute atomic E-state index is 10.7. The summed E-state index contributed by atoms with van der Waals surface area (Å²) in [6, 6.07) is 8.26. The van der Waals surface area contributed by atoms with Crippen LogP contribution in [0.3, 0.4) is 0 Å². The van der Waals surface area contributed by atoms with Gasteiger partial charge in [0.2, 0.25) is 5.24 Å². The van der Waals surface area contributed by atoms with Crippen molar-refractivity contribution in [1.82, 2.24) is 9.80 Å². The fourth-order valence-electron chi connectivity index (χ4n) is 2.60. The summed E-state index contributed by atoms with van der Waals surface area (Å²) in [5.41, 5.74) is 1.32. The SMILES string of the molecule is COc1ccc(CN2CCN(CCCC(=O)Cl)CC2)cc1. The van der Waals surface area contributed by atoms with Gasteiger partial charge < -0.3 is 9.64 Å². The molecule has 0 radical (unpaired) electrons. The molecule has 1 fully saturated rings. The standard InChI is InChI=1S/C16H23ClN2O2/c1-21-15-6-4-14(5-7-15)13-19-11-9-18(10-12-19)8-2-3-16(17)20/h4-7H,2-3,8-13H2,1H3. The maximum Gasteiger partial charge on any atom is 0.221 e. The second-order valence-electron chi connectivity index (χ2n) is 5.42. The van der Waals surface area contributed by atoms with Crippen molar-refractivity contribution < 1.29 is 9.53 Å². The first-order valence-electron chi connectivity index (χ1n) is 7.43. The number of rotatable bonds is 7. The van der Waals surface area contributed by atoms with E-state index in [1.165, 1.54) is 5.56 Å². The molecule has 0 saturated carbocycles. The van der Waals surface area contributed by atoms with Crippen molar-refractivity contribution in [3.8, 4) is 5.75 Å². The molecule has 21 heavy (non-hydrogen) atoms. The van der Waals surface area contributed by atoms with Crippen LogP contribution in [0.1, 0.15) is 18.4 Å². The van der Waals surface area contributed by atoms with Gasteiger partial charge in [0.05, 0.1) is 7.11 Å². The molecule has 0 atom stereocenters. The van der Waals surface area contributed by atoms with E-state index < -0.39 is 0 Å². The molecule has 1 aliphatic rings. The Morgan fingerprint density at radius 1 is 1.14 bits per heavy atom. The van der Waals surface area contributed by atoms with Crippen molar-refractivity contribution in [3.63, 3.8) is 0 Å². The fourth-order valence-corrected chi connectivity index (χ4v) is 2.74. The number of carbonyl (C=O) groups excluding carboxylic acids is 1. The van der Waals surface area contributed by atoms with E-state index >= 15 is 0 Å². The zero-order valence-electron chi connectivity index (χ0n) is 12.6. The lowest BCUT2D eigenvalue weighted by molar-refractivity contribution is -0.111. The van der Waals surface area contributed by atoms with Crippen LogP contribution >= 0.6 is 11.6 Å². The second-order valence-corrected chi connectivity index (χ2v) is 5.85. The van der Waals surface area contributed by atoms with Gasteiger partial charge in [-0.1, -0.05) is 12.1 Å². The van der Waals surface area contributed by atoms with Crippen molar-refractivity contribution in [2.24, 2.45) is 0 Å². The smallest absolute Gasteiger partial charge is 0.221 e. The van der Waals surface area contributed by atoms with E-state index in [1.807, 2.05) is 12.1 Å². The highest BCUT2D eigenvalue weighted by molar-refractivity contribution is 6.63. The van der Waals surface area contributed by atoms with Gasteiger partial charge in [0, 0.05) is 39.1 Å². The molecule has 1 saturated heterocycles. The van der Waals surface area contributed by atoms with Crippen molar-refractivity contribution in [1.29, 1.82) is 0 Å². The molecule has 2 rings (SSSR count). The van der Waals surface area contributed by atoms with Crippen molar-refractivity contribution in [2.45, 2.75) is 19.4 Å². The Labute approximate surface area is 131 Å². The molecule has 116 valence electrons. The molecule has 0 N–H and O–H groups in total. The summed E-state index contributed by atoms with van der Waals surface area (Å²) >= 11 is 5.36. The molecular weight excluding hydrogens is 288 g/mol. The number of nitrogens with zero attached hydrogens (tertiary/aromatic N) is 2. The van der Waals surface area contributed by atoms with Gasteiger partial charge in [0.1, 0.15) is 5.75 Å². The Balaban J connectivity index is 1.69. The molecule has 1 aliphatic heterocycles. The highest BCUT2D eigenvalue weighted by Crippen LogP contribution is 2.14. The first-order valence-corrected chi connectivity index (χ1v) is 7.81. The van der Waals surface area contributed by atoms with Crippen molar-refractivity contribution >= 4 is 16.8 Å². The topological polar surface area (TPSA) is 32.8 Å². The van der Waals surface area contributed by atoms with Gasteiger partial charge in [-0.3, -0.25) is 9.69 Å². The Morgan fingerprint density at radius 3 is 2.33 bits per heavy atom. The van der Waals surface area contributed by atoms with Crippen molar-refractivity contribution in [2.75, 3.05) is 39.8 Å². The van der Waals surface area contributed by atoms with Gasteiger partial charge >= 0.3 is 0 Å². The summed E-state index contributed by atoms with van der Waals surface area (Å²) in [5, 5.41) is -0.229. The van der Waals surface area contributed by atoms with Crippen LogP contribution < -0.4 is 4.74 Å². The monoisotopic (exact) mass is 310 g/mol. The maximum atomic E-state index is 10.7. The highest BCUT2D eigenvalue weighted by atomic mass is 35.5. The predicted molar refractivity (Wildman–Crippen MR) is 84.8 cm³/mol. The predicted octanol–water partition coefficient (Wildman–Crippen LogP) is 2.36. The summed E-state index contributed by atoms with van der Waals surface area (Å²) in [4.78, 5) is 15.6. The van der Waals surface area contributed by atoms with E-state index in [0.717, 1.165) is 51.4 Å². The van der Waals surface area contributed by atoms with Gasteiger partial charge in [0.25, 0.3) is 0 Å². The van der Waals surface area contributed by atoms with Crippen LogP contribution in [0.4, 0.5) is 0 Å². The minimum absolute atomic E-state index is 0.229. The summed E-state index contributed by atoms with van der Waals surface area (Å²) in [5.74, 6) is 0.900. The Kier molecular flexibility index (Phi) is 6.49. The molecule has 1 aromatic rings. The third-order valence-electron chi connectivity index (χ3n) is 3.88. The Hall–Kier alpha value is -1.10. The molecule has 0 aromatic heterocycles. The first kappa shape index (κ1) is 16.3. The molecule has 0 aliphatic carbocycles. The molecular formula is C16H23ClN2O2. The number of benzene rings is 1. The summed E-state index contributed by atoms with van der Waals surface area (Å²) in [6.45, 7) is 6.22. The second kappa shape index (κ2) is 8.37. The number of methoxy groups -OCH3 is 1. The average Bonchev–Trinajstić information content (AvgIpc) is 2.49. The molecule has 0 spiro atoms. The van der Waals surface area contributed by atoms with E-state index in [4.69, 9.17) is 16.3 Å².